The summed E-state index contributed by atoms with van der Waals surface area (Å²) in [5.41, 5.74) is 26.2. The van der Waals surface area contributed by atoms with Crippen molar-refractivity contribution in [2.75, 3.05) is 14.7 Å². The highest BCUT2D eigenvalue weighted by molar-refractivity contribution is 7.26. The number of thiophene rings is 1. The number of anilines is 9. The lowest BCUT2D eigenvalue weighted by Gasteiger charge is -2.48. The number of hydrogen-bond donors (Lipinski definition) is 0. The van der Waals surface area contributed by atoms with E-state index in [1.165, 1.54) is 134 Å². The summed E-state index contributed by atoms with van der Waals surface area (Å²) in [6, 6.07) is 57.8. The van der Waals surface area contributed by atoms with Crippen LogP contribution in [0.1, 0.15) is 167 Å². The Balaban J connectivity index is 1.19. The number of para-hydroxylation sites is 1. The van der Waals surface area contributed by atoms with Crippen LogP contribution in [0.2, 0.25) is 0 Å². The van der Waals surface area contributed by atoms with Crippen molar-refractivity contribution in [3.63, 3.8) is 0 Å². The molecule has 3 nitrogen and oxygen atoms in total. The van der Waals surface area contributed by atoms with Gasteiger partial charge in [0, 0.05) is 71.4 Å². The molecule has 79 heavy (non-hydrogen) atoms. The molecule has 0 saturated carbocycles. The van der Waals surface area contributed by atoms with Crippen LogP contribution in [0.3, 0.4) is 0 Å². The van der Waals surface area contributed by atoms with E-state index < -0.39 is 0 Å². The number of benzene rings is 8. The van der Waals surface area contributed by atoms with E-state index in [9.17, 15) is 0 Å². The van der Waals surface area contributed by atoms with Crippen molar-refractivity contribution >= 4 is 106 Å². The van der Waals surface area contributed by atoms with Crippen molar-refractivity contribution in [1.29, 1.82) is 0 Å². The maximum Gasteiger partial charge on any atom is 0.252 e. The largest absolute Gasteiger partial charge is 0.311 e. The average Bonchev–Trinajstić information content (AvgIpc) is 3.96. The van der Waals surface area contributed by atoms with E-state index in [1.54, 1.807) is 0 Å². The smallest absolute Gasteiger partial charge is 0.252 e. The molecule has 0 N–H and O–H groups in total. The molecule has 400 valence electrons. The van der Waals surface area contributed by atoms with Gasteiger partial charge < -0.3 is 14.7 Å². The van der Waals surface area contributed by atoms with Gasteiger partial charge in [-0.1, -0.05) is 164 Å². The van der Waals surface area contributed by atoms with Crippen LogP contribution < -0.4 is 31.1 Å². The second-order valence-corrected chi connectivity index (χ2v) is 30.0. The summed E-state index contributed by atoms with van der Waals surface area (Å²) in [6.45, 7) is 38.7. The van der Waals surface area contributed by atoms with E-state index in [0.29, 0.717) is 0 Å². The van der Waals surface area contributed by atoms with Gasteiger partial charge in [-0.25, -0.2) is 0 Å². The Hall–Kier alpha value is -6.56. The van der Waals surface area contributed by atoms with Crippen molar-refractivity contribution in [2.45, 2.75) is 169 Å². The molecule has 2 aliphatic heterocycles. The van der Waals surface area contributed by atoms with Crippen LogP contribution >= 0.6 is 11.3 Å². The van der Waals surface area contributed by atoms with E-state index in [2.05, 4.69) is 271 Å². The monoisotopic (exact) mass is 1050 g/mol. The van der Waals surface area contributed by atoms with E-state index >= 15 is 0 Å². The summed E-state index contributed by atoms with van der Waals surface area (Å²) < 4.78 is 2.71. The first-order valence-corrected chi connectivity index (χ1v) is 30.2. The van der Waals surface area contributed by atoms with Crippen LogP contribution in [-0.4, -0.2) is 6.71 Å². The molecule has 0 saturated heterocycles. The van der Waals surface area contributed by atoms with Gasteiger partial charge >= 0.3 is 0 Å². The fourth-order valence-corrected chi connectivity index (χ4v) is 15.8. The lowest BCUT2D eigenvalue weighted by molar-refractivity contribution is 0.332. The van der Waals surface area contributed by atoms with Gasteiger partial charge in [-0.05, 0) is 212 Å². The number of nitrogens with zero attached hydrogens (tertiary/aromatic N) is 3. The zero-order valence-electron chi connectivity index (χ0n) is 50.0. The van der Waals surface area contributed by atoms with Gasteiger partial charge in [-0.2, -0.15) is 0 Å². The van der Waals surface area contributed by atoms with Crippen LogP contribution in [0.5, 0.6) is 0 Å². The summed E-state index contributed by atoms with van der Waals surface area (Å²) >= 11 is 1.95. The van der Waals surface area contributed by atoms with E-state index in [0.717, 1.165) is 24.2 Å². The number of fused-ring (bicyclic) bond motifs is 9. The fourth-order valence-electron chi connectivity index (χ4n) is 14.4. The van der Waals surface area contributed by atoms with Gasteiger partial charge in [-0.3, -0.25) is 0 Å². The molecule has 3 heterocycles. The van der Waals surface area contributed by atoms with Crippen molar-refractivity contribution < 1.29 is 0 Å². The molecular weight excluding hydrogens is 974 g/mol. The molecule has 13 rings (SSSR count). The lowest BCUT2D eigenvalue weighted by atomic mass is 9.33. The van der Waals surface area contributed by atoms with Gasteiger partial charge in [0.15, 0.2) is 0 Å². The molecule has 5 heteroatoms. The van der Waals surface area contributed by atoms with Crippen LogP contribution in [0.15, 0.2) is 146 Å². The first kappa shape index (κ1) is 51.9. The molecule has 0 fully saturated rings. The molecule has 4 aliphatic rings. The van der Waals surface area contributed by atoms with Gasteiger partial charge in [0.05, 0.1) is 0 Å². The van der Waals surface area contributed by atoms with Gasteiger partial charge in [0.1, 0.15) is 0 Å². The standard InChI is InChI=1S/C74H80BN3S/c1-45-22-21-24-48(36-45)76(61-26-19-17-23-46(61)2)50-29-31-59-62(42-50)78(51-39-53-52-25-18-20-27-66(52)79-68(53)58(41-51)70(6,7)8)65-38-47(69(3,4)5)37-64-67(65)75(59)60-43-56-57(74(15,16)35-34-73(56,13)14)44-63(60)77(64)49-28-30-54-55(40-49)72(11,12)33-32-71(54,9)10/h17-31,36-44H,32-35H2,1-16H3. The van der Waals surface area contributed by atoms with Crippen molar-refractivity contribution in [3.05, 3.63) is 190 Å². The van der Waals surface area contributed by atoms with E-state index in [1.807, 2.05) is 11.3 Å². The van der Waals surface area contributed by atoms with Gasteiger partial charge in [-0.15, -0.1) is 11.3 Å². The summed E-state index contributed by atoms with van der Waals surface area (Å²) in [4.78, 5) is 7.95. The Kier molecular flexibility index (Phi) is 11.5. The van der Waals surface area contributed by atoms with Crippen LogP contribution in [0.4, 0.5) is 51.2 Å². The summed E-state index contributed by atoms with van der Waals surface area (Å²) in [5.74, 6) is 0. The summed E-state index contributed by atoms with van der Waals surface area (Å²) in [7, 11) is 0. The predicted molar refractivity (Wildman–Crippen MR) is 345 cm³/mol. The average molecular weight is 1050 g/mol. The highest BCUT2D eigenvalue weighted by atomic mass is 32.1. The van der Waals surface area contributed by atoms with Gasteiger partial charge in [0.25, 0.3) is 6.71 Å². The number of rotatable bonds is 5. The topological polar surface area (TPSA) is 9.72 Å². The van der Waals surface area contributed by atoms with Crippen LogP contribution in [-0.2, 0) is 32.5 Å². The summed E-state index contributed by atoms with van der Waals surface area (Å²) in [6.07, 6.45) is 4.67. The third kappa shape index (κ3) is 8.16. The van der Waals surface area contributed by atoms with Crippen LogP contribution in [0.25, 0.3) is 20.2 Å². The zero-order valence-corrected chi connectivity index (χ0v) is 50.8. The molecule has 0 spiro atoms. The number of aryl methyl sites for hydroxylation is 2. The quantitative estimate of drug-likeness (QED) is 0.159. The normalized spacial score (nSPS) is 17.5. The predicted octanol–water partition coefficient (Wildman–Crippen LogP) is 19.5. The minimum atomic E-state index is -0.165. The molecule has 0 amide bonds. The molecule has 9 aromatic rings. The van der Waals surface area contributed by atoms with E-state index in [4.69, 9.17) is 0 Å². The maximum absolute atomic E-state index is 2.74. The SMILES string of the molecule is Cc1cccc(N(c2ccc3c(c2)N(c2cc(C(C)(C)C)c4sc5ccccc5c4c2)c2cc(C(C)(C)C)cc4c2B3c2cc3c(cc2N4c2ccc4c(c2)C(C)(C)CCC4(C)C)C(C)(C)CCC3(C)C)c2ccccc2C)c1. The molecule has 2 aliphatic carbocycles. The molecule has 0 bridgehead atoms. The second kappa shape index (κ2) is 17.5. The Labute approximate surface area is 476 Å². The third-order valence-corrected chi connectivity index (χ3v) is 20.6. The second-order valence-electron chi connectivity index (χ2n) is 28.9. The third-order valence-electron chi connectivity index (χ3n) is 19.4. The Morgan fingerprint density at radius 3 is 1.72 bits per heavy atom. The Bertz CT molecular complexity index is 4000. The first-order valence-electron chi connectivity index (χ1n) is 29.4. The summed E-state index contributed by atoms with van der Waals surface area (Å²) in [5, 5.41) is 2.65. The molecule has 0 unspecified atom stereocenters. The highest BCUT2D eigenvalue weighted by Crippen LogP contribution is 2.55. The Morgan fingerprint density at radius 1 is 0.468 bits per heavy atom. The molecule has 0 radical (unpaired) electrons. The van der Waals surface area contributed by atoms with Crippen molar-refractivity contribution in [1.82, 2.24) is 0 Å². The molecular formula is C74H80BN3S. The zero-order chi connectivity index (χ0) is 55.7. The minimum absolute atomic E-state index is 0.0165. The van der Waals surface area contributed by atoms with E-state index in [-0.39, 0.29) is 39.2 Å². The van der Waals surface area contributed by atoms with Crippen molar-refractivity contribution in [2.24, 2.45) is 0 Å². The van der Waals surface area contributed by atoms with Gasteiger partial charge in [0.2, 0.25) is 0 Å². The molecule has 1 aromatic heterocycles. The first-order chi connectivity index (χ1) is 37.2. The fraction of sp³-hybridized carbons (Fsp3) is 0.351. The maximum atomic E-state index is 2.74. The molecule has 8 aromatic carbocycles. The minimum Gasteiger partial charge on any atom is -0.311 e. The van der Waals surface area contributed by atoms with Crippen molar-refractivity contribution in [3.8, 4) is 0 Å². The highest BCUT2D eigenvalue weighted by Gasteiger charge is 2.48. The number of hydrogen-bond acceptors (Lipinski definition) is 4. The Morgan fingerprint density at radius 2 is 1.06 bits per heavy atom. The lowest BCUT2D eigenvalue weighted by Crippen LogP contribution is -2.62. The molecule has 0 atom stereocenters. The van der Waals surface area contributed by atoms with Crippen LogP contribution in [0, 0.1) is 13.8 Å².